The Bertz CT molecular complexity index is 3870. The van der Waals surface area contributed by atoms with E-state index in [0.717, 1.165) is 58.8 Å². The van der Waals surface area contributed by atoms with Gasteiger partial charge in [-0.2, -0.15) is 0 Å². The molecule has 0 bridgehead atoms. The maximum absolute atomic E-state index is 5.51. The molecule has 11 aromatic rings. The Morgan fingerprint density at radius 1 is 0.449 bits per heavy atom. The number of fused-ring (bicyclic) bond motifs is 8. The molecule has 0 fully saturated rings. The van der Waals surface area contributed by atoms with Gasteiger partial charge in [0, 0.05) is 39.4 Å². The second kappa shape index (κ2) is 17.0. The molecule has 0 spiro atoms. The van der Waals surface area contributed by atoms with Crippen LogP contribution in [0.15, 0.2) is 241 Å². The fourth-order valence-electron chi connectivity index (χ4n) is 11.2. The average molecular weight is 884 g/mol. The summed E-state index contributed by atoms with van der Waals surface area (Å²) in [6, 6.07) is 82.2. The predicted molar refractivity (Wildman–Crippen MR) is 291 cm³/mol. The zero-order chi connectivity index (χ0) is 45.8. The van der Waals surface area contributed by atoms with Crippen LogP contribution in [-0.4, -0.2) is 16.1 Å². The molecule has 1 aliphatic heterocycles. The molecule has 0 radical (unpaired) electrons. The molecule has 69 heavy (non-hydrogen) atoms. The first-order valence-electron chi connectivity index (χ1n) is 24.4. The number of hydrogen-bond donors (Lipinski definition) is 0. The van der Waals surface area contributed by atoms with E-state index in [-0.39, 0.29) is 11.8 Å². The van der Waals surface area contributed by atoms with E-state index in [1.807, 2.05) is 0 Å². The van der Waals surface area contributed by atoms with Gasteiger partial charge < -0.3 is 4.57 Å². The van der Waals surface area contributed by atoms with Crippen LogP contribution in [0.5, 0.6) is 0 Å². The molecule has 1 aromatic heterocycles. The van der Waals surface area contributed by atoms with Gasteiger partial charge >= 0.3 is 0 Å². The first kappa shape index (κ1) is 40.8. The van der Waals surface area contributed by atoms with Crippen molar-refractivity contribution in [2.45, 2.75) is 32.1 Å². The van der Waals surface area contributed by atoms with Crippen molar-refractivity contribution in [1.82, 2.24) is 4.57 Å². The second-order valence-electron chi connectivity index (χ2n) is 18.9. The number of aromatic nitrogens is 1. The third-order valence-corrected chi connectivity index (χ3v) is 14.7. The minimum atomic E-state index is 0.184. The molecule has 328 valence electrons. The number of nitrogens with zero attached hydrogens (tertiary/aromatic N) is 3. The van der Waals surface area contributed by atoms with Crippen LogP contribution >= 0.6 is 0 Å². The highest BCUT2D eigenvalue weighted by molar-refractivity contribution is 6.16. The number of aliphatic imine (C=N–C) groups is 2. The third kappa shape index (κ3) is 7.30. The molecule has 2 atom stereocenters. The quantitative estimate of drug-likeness (QED) is 0.159. The zero-order valence-corrected chi connectivity index (χ0v) is 38.6. The Hall–Kier alpha value is -8.40. The highest BCUT2D eigenvalue weighted by Gasteiger charge is 2.27. The van der Waals surface area contributed by atoms with Crippen LogP contribution in [-0.2, 0) is 6.42 Å². The molecule has 0 saturated carbocycles. The Labute approximate surface area is 403 Å². The van der Waals surface area contributed by atoms with Crippen molar-refractivity contribution in [3.05, 3.63) is 264 Å². The maximum Gasteiger partial charge on any atom is 0.160 e. The summed E-state index contributed by atoms with van der Waals surface area (Å²) >= 11 is 0. The van der Waals surface area contributed by atoms with Crippen LogP contribution in [0.25, 0.3) is 77.0 Å². The molecule has 3 nitrogen and oxygen atoms in total. The fourth-order valence-corrected chi connectivity index (χ4v) is 11.2. The topological polar surface area (TPSA) is 29.6 Å². The minimum absolute atomic E-state index is 0.184. The standard InChI is InChI=1S/C66H49N3/c1-43-31-36-62(67-66(68-65(43)45-19-7-3-8-20-45)52-25-15-23-46(37-52)44-17-5-2-6-18-44)58-30-16-24-49-38-50(32-35-55(49)58)54-34-33-51-41-64-61(42-59(51)57-29-14-13-28-56(54)57)60-39-47-21-11-12-22-48(47)40-63(60)69(64)53-26-9-4-10-27-53/h2-30,32,35-43,54H,31,33-34H2,1H3/b62-36+,67-66?,68-65?. The molecule has 13 rings (SSSR count). The largest absolute Gasteiger partial charge is 0.309 e. The van der Waals surface area contributed by atoms with E-state index in [0.29, 0.717) is 0 Å². The van der Waals surface area contributed by atoms with E-state index in [9.17, 15) is 0 Å². The molecule has 10 aromatic carbocycles. The van der Waals surface area contributed by atoms with Crippen LogP contribution in [0.3, 0.4) is 0 Å². The summed E-state index contributed by atoms with van der Waals surface area (Å²) in [5, 5.41) is 7.51. The van der Waals surface area contributed by atoms with E-state index in [1.165, 1.54) is 82.4 Å². The monoisotopic (exact) mass is 883 g/mol. The van der Waals surface area contributed by atoms with Crippen molar-refractivity contribution >= 4 is 60.6 Å². The van der Waals surface area contributed by atoms with Crippen molar-refractivity contribution in [2.24, 2.45) is 15.9 Å². The lowest BCUT2D eigenvalue weighted by Gasteiger charge is -2.20. The van der Waals surface area contributed by atoms with Gasteiger partial charge in [0.25, 0.3) is 0 Å². The summed E-state index contributed by atoms with van der Waals surface area (Å²) in [6.07, 6.45) is 5.14. The van der Waals surface area contributed by atoms with E-state index in [4.69, 9.17) is 9.98 Å². The number of allylic oxidation sites excluding steroid dienone is 1. The fraction of sp³-hybridized carbons (Fsp3) is 0.0909. The van der Waals surface area contributed by atoms with Crippen molar-refractivity contribution in [1.29, 1.82) is 0 Å². The summed E-state index contributed by atoms with van der Waals surface area (Å²) < 4.78 is 2.47. The number of hydrogen-bond acceptors (Lipinski definition) is 2. The van der Waals surface area contributed by atoms with Crippen molar-refractivity contribution in [3.63, 3.8) is 0 Å². The van der Waals surface area contributed by atoms with Gasteiger partial charge in [-0.05, 0) is 128 Å². The predicted octanol–water partition coefficient (Wildman–Crippen LogP) is 16.8. The summed E-state index contributed by atoms with van der Waals surface area (Å²) in [6.45, 7) is 2.29. The average Bonchev–Trinajstić information content (AvgIpc) is 3.61. The normalized spacial score (nSPS) is 16.7. The Balaban J connectivity index is 0.911. The van der Waals surface area contributed by atoms with Crippen LogP contribution in [0.1, 0.15) is 59.1 Å². The van der Waals surface area contributed by atoms with Gasteiger partial charge in [-0.3, -0.25) is 0 Å². The van der Waals surface area contributed by atoms with Crippen molar-refractivity contribution in [3.8, 4) is 27.9 Å². The highest BCUT2D eigenvalue weighted by atomic mass is 15.0. The lowest BCUT2D eigenvalue weighted by atomic mass is 9.84. The highest BCUT2D eigenvalue weighted by Crippen LogP contribution is 2.46. The first-order valence-corrected chi connectivity index (χ1v) is 24.4. The molecular formula is C66H49N3. The molecule has 2 unspecified atom stereocenters. The summed E-state index contributed by atoms with van der Waals surface area (Å²) in [4.78, 5) is 11.0. The lowest BCUT2D eigenvalue weighted by molar-refractivity contribution is 0.727. The molecule has 0 amide bonds. The van der Waals surface area contributed by atoms with Crippen LogP contribution in [0.2, 0.25) is 0 Å². The van der Waals surface area contributed by atoms with Crippen LogP contribution < -0.4 is 0 Å². The number of amidine groups is 1. The first-order chi connectivity index (χ1) is 34.1. The van der Waals surface area contributed by atoms with Crippen molar-refractivity contribution < 1.29 is 0 Å². The summed E-state index contributed by atoms with van der Waals surface area (Å²) in [5.41, 5.74) is 18.1. The summed E-state index contributed by atoms with van der Waals surface area (Å²) in [5.74, 6) is 1.14. The van der Waals surface area contributed by atoms with Gasteiger partial charge in [-0.25, -0.2) is 9.98 Å². The number of para-hydroxylation sites is 1. The lowest BCUT2D eigenvalue weighted by Crippen LogP contribution is -2.17. The third-order valence-electron chi connectivity index (χ3n) is 14.7. The zero-order valence-electron chi connectivity index (χ0n) is 38.6. The molecule has 1 aliphatic carbocycles. The van der Waals surface area contributed by atoms with Crippen LogP contribution in [0.4, 0.5) is 0 Å². The molecule has 2 aliphatic rings. The SMILES string of the molecule is CC1C/C=C(\c2cccc3cc(C4CCc5cc6c(cc5-c5ccccc54)c4cc5ccccc5cc4n6-c4ccccc4)ccc23)N=C(c2cccc(-c3ccccc3)c2)N=C1c1ccccc1. The van der Waals surface area contributed by atoms with Gasteiger partial charge in [0.15, 0.2) is 5.84 Å². The van der Waals surface area contributed by atoms with E-state index < -0.39 is 0 Å². The Morgan fingerprint density at radius 3 is 1.91 bits per heavy atom. The van der Waals surface area contributed by atoms with Gasteiger partial charge in [0.05, 0.1) is 22.4 Å². The summed E-state index contributed by atoms with van der Waals surface area (Å²) in [7, 11) is 0. The van der Waals surface area contributed by atoms with E-state index in [2.05, 4.69) is 242 Å². The second-order valence-corrected chi connectivity index (χ2v) is 18.9. The molecule has 3 heteroatoms. The Morgan fingerprint density at radius 2 is 1.09 bits per heavy atom. The molecule has 0 saturated heterocycles. The number of benzene rings is 10. The Kier molecular flexibility index (Phi) is 10.1. The number of rotatable bonds is 6. The number of aryl methyl sites for hydroxylation is 1. The molecule has 0 N–H and O–H groups in total. The maximum atomic E-state index is 5.51. The van der Waals surface area contributed by atoms with Crippen molar-refractivity contribution in [2.75, 3.05) is 0 Å². The molecular weight excluding hydrogens is 835 g/mol. The van der Waals surface area contributed by atoms with Gasteiger partial charge in [0.1, 0.15) is 0 Å². The van der Waals surface area contributed by atoms with Gasteiger partial charge in [-0.15, -0.1) is 0 Å². The van der Waals surface area contributed by atoms with E-state index >= 15 is 0 Å². The van der Waals surface area contributed by atoms with Gasteiger partial charge in [0.2, 0.25) is 0 Å². The molecule has 2 heterocycles. The van der Waals surface area contributed by atoms with Crippen LogP contribution in [0, 0.1) is 5.92 Å². The smallest absolute Gasteiger partial charge is 0.160 e. The minimum Gasteiger partial charge on any atom is -0.309 e. The van der Waals surface area contributed by atoms with E-state index in [1.54, 1.807) is 0 Å². The van der Waals surface area contributed by atoms with Gasteiger partial charge in [-0.1, -0.05) is 195 Å².